The summed E-state index contributed by atoms with van der Waals surface area (Å²) in [5.74, 6) is 0.318. The van der Waals surface area contributed by atoms with E-state index in [0.717, 1.165) is 9.78 Å². The van der Waals surface area contributed by atoms with E-state index in [2.05, 4.69) is 5.32 Å². The summed E-state index contributed by atoms with van der Waals surface area (Å²) >= 11 is 1.54. The second kappa shape index (κ2) is 6.83. The highest BCUT2D eigenvalue weighted by Gasteiger charge is 2.50. The van der Waals surface area contributed by atoms with Gasteiger partial charge in [-0.3, -0.25) is 14.5 Å². The van der Waals surface area contributed by atoms with Crippen molar-refractivity contribution in [2.24, 2.45) is 0 Å². The zero-order chi connectivity index (χ0) is 19.9. The van der Waals surface area contributed by atoms with Crippen molar-refractivity contribution < 1.29 is 23.9 Å². The molecule has 0 unspecified atom stereocenters. The standard InChI is InChI=1S/C19H19N3O5S/c1-19(12-5-6-14-15(8-12)27-11-26-14)17(24)22(18(25)20-19)10-16(23)21(2)9-13-4-3-7-28-13/h3-8H,9-11H2,1-2H3,(H,20,25)/t19-/m0/s1. The van der Waals surface area contributed by atoms with E-state index in [1.54, 1.807) is 43.5 Å². The van der Waals surface area contributed by atoms with E-state index < -0.39 is 17.5 Å². The largest absolute Gasteiger partial charge is 0.454 e. The van der Waals surface area contributed by atoms with Crippen LogP contribution in [0.4, 0.5) is 4.79 Å². The number of benzene rings is 1. The lowest BCUT2D eigenvalue weighted by Crippen LogP contribution is -2.43. The normalized spacial score (nSPS) is 20.4. The van der Waals surface area contributed by atoms with Gasteiger partial charge < -0.3 is 19.7 Å². The molecule has 0 bridgehead atoms. The van der Waals surface area contributed by atoms with Gasteiger partial charge in [-0.2, -0.15) is 0 Å². The van der Waals surface area contributed by atoms with Gasteiger partial charge in [-0.05, 0) is 36.1 Å². The van der Waals surface area contributed by atoms with E-state index >= 15 is 0 Å². The fraction of sp³-hybridized carbons (Fsp3) is 0.316. The van der Waals surface area contributed by atoms with Crippen molar-refractivity contribution in [1.82, 2.24) is 15.1 Å². The topological polar surface area (TPSA) is 88.2 Å². The number of hydrogen-bond acceptors (Lipinski definition) is 6. The molecule has 1 atom stereocenters. The summed E-state index contributed by atoms with van der Waals surface area (Å²) in [6.07, 6.45) is 0. The predicted octanol–water partition coefficient (Wildman–Crippen LogP) is 1.90. The SMILES string of the molecule is CN(Cc1cccs1)C(=O)CN1C(=O)N[C@@](C)(c2ccc3c(c2)OCO3)C1=O. The molecule has 4 rings (SSSR count). The minimum atomic E-state index is -1.27. The Balaban J connectivity index is 1.49. The van der Waals surface area contributed by atoms with Gasteiger partial charge in [0.15, 0.2) is 11.5 Å². The molecular weight excluding hydrogens is 382 g/mol. The maximum Gasteiger partial charge on any atom is 0.325 e. The first-order valence-corrected chi connectivity index (χ1v) is 9.57. The van der Waals surface area contributed by atoms with Crippen molar-refractivity contribution in [1.29, 1.82) is 0 Å². The zero-order valence-electron chi connectivity index (χ0n) is 15.4. The summed E-state index contributed by atoms with van der Waals surface area (Å²) in [5, 5.41) is 4.63. The number of carbonyl (C=O) groups excluding carboxylic acids is 3. The van der Waals surface area contributed by atoms with Crippen LogP contribution in [0.2, 0.25) is 0 Å². The van der Waals surface area contributed by atoms with Gasteiger partial charge in [0.25, 0.3) is 5.91 Å². The molecule has 2 aliphatic heterocycles. The van der Waals surface area contributed by atoms with Crippen molar-refractivity contribution >= 4 is 29.2 Å². The molecule has 2 aliphatic rings. The first-order valence-electron chi connectivity index (χ1n) is 8.69. The van der Waals surface area contributed by atoms with Crippen molar-refractivity contribution in [3.05, 3.63) is 46.2 Å². The highest BCUT2D eigenvalue weighted by atomic mass is 32.1. The van der Waals surface area contributed by atoms with Gasteiger partial charge in [-0.15, -0.1) is 11.3 Å². The Bertz CT molecular complexity index is 945. The Morgan fingerprint density at radius 3 is 2.82 bits per heavy atom. The molecular formula is C19H19N3O5S. The van der Waals surface area contributed by atoms with Crippen LogP contribution < -0.4 is 14.8 Å². The van der Waals surface area contributed by atoms with Crippen LogP contribution in [-0.4, -0.2) is 48.0 Å². The van der Waals surface area contributed by atoms with Gasteiger partial charge in [-0.25, -0.2) is 4.79 Å². The highest BCUT2D eigenvalue weighted by molar-refractivity contribution is 7.09. The first kappa shape index (κ1) is 18.3. The third kappa shape index (κ3) is 3.07. The lowest BCUT2D eigenvalue weighted by Gasteiger charge is -2.23. The summed E-state index contributed by atoms with van der Waals surface area (Å²) in [5.41, 5.74) is -0.706. The molecule has 2 aromatic rings. The molecule has 9 heteroatoms. The van der Waals surface area contributed by atoms with Gasteiger partial charge in [0.1, 0.15) is 12.1 Å². The van der Waals surface area contributed by atoms with E-state index in [4.69, 9.17) is 9.47 Å². The number of urea groups is 1. The summed E-state index contributed by atoms with van der Waals surface area (Å²) in [6, 6.07) is 8.33. The molecule has 146 valence electrons. The van der Waals surface area contributed by atoms with Crippen molar-refractivity contribution in [3.8, 4) is 11.5 Å². The van der Waals surface area contributed by atoms with E-state index in [1.807, 2.05) is 17.5 Å². The van der Waals surface area contributed by atoms with E-state index in [-0.39, 0.29) is 19.2 Å². The van der Waals surface area contributed by atoms with Crippen LogP contribution in [0.15, 0.2) is 35.7 Å². The van der Waals surface area contributed by atoms with Crippen molar-refractivity contribution in [2.75, 3.05) is 20.4 Å². The Kier molecular flexibility index (Phi) is 4.46. The second-order valence-corrected chi connectivity index (χ2v) is 7.88. The number of carbonyl (C=O) groups is 3. The molecule has 8 nitrogen and oxygen atoms in total. The smallest absolute Gasteiger partial charge is 0.325 e. The average molecular weight is 401 g/mol. The van der Waals surface area contributed by atoms with Crippen molar-refractivity contribution in [3.63, 3.8) is 0 Å². The minimum Gasteiger partial charge on any atom is -0.454 e. The van der Waals surface area contributed by atoms with Crippen molar-refractivity contribution in [2.45, 2.75) is 19.0 Å². The zero-order valence-corrected chi connectivity index (χ0v) is 16.2. The maximum atomic E-state index is 13.0. The molecule has 1 N–H and O–H groups in total. The molecule has 1 aromatic heterocycles. The Morgan fingerprint density at radius 2 is 2.07 bits per heavy atom. The summed E-state index contributed by atoms with van der Waals surface area (Å²) < 4.78 is 10.6. The molecule has 28 heavy (non-hydrogen) atoms. The van der Waals surface area contributed by atoms with Crippen LogP contribution in [-0.2, 0) is 21.7 Å². The van der Waals surface area contributed by atoms with Gasteiger partial charge in [0.2, 0.25) is 12.7 Å². The Morgan fingerprint density at radius 1 is 1.29 bits per heavy atom. The van der Waals surface area contributed by atoms with Crippen LogP contribution in [0.25, 0.3) is 0 Å². The monoisotopic (exact) mass is 401 g/mol. The first-order chi connectivity index (χ1) is 13.4. The molecule has 0 radical (unpaired) electrons. The van der Waals surface area contributed by atoms with E-state index in [0.29, 0.717) is 23.6 Å². The number of fused-ring (bicyclic) bond motifs is 1. The molecule has 0 aliphatic carbocycles. The molecule has 3 heterocycles. The van der Waals surface area contributed by atoms with Gasteiger partial charge >= 0.3 is 6.03 Å². The molecule has 0 spiro atoms. The van der Waals surface area contributed by atoms with Crippen LogP contribution in [0.5, 0.6) is 11.5 Å². The summed E-state index contributed by atoms with van der Waals surface area (Å²) in [4.78, 5) is 41.5. The lowest BCUT2D eigenvalue weighted by atomic mass is 9.91. The highest BCUT2D eigenvalue weighted by Crippen LogP contribution is 2.37. The lowest BCUT2D eigenvalue weighted by molar-refractivity contribution is -0.138. The molecule has 1 fully saturated rings. The van der Waals surface area contributed by atoms with Gasteiger partial charge in [0, 0.05) is 11.9 Å². The minimum absolute atomic E-state index is 0.118. The number of nitrogens with zero attached hydrogens (tertiary/aromatic N) is 2. The predicted molar refractivity (Wildman–Crippen MR) is 101 cm³/mol. The number of imide groups is 1. The second-order valence-electron chi connectivity index (χ2n) is 6.84. The number of ether oxygens (including phenoxy) is 2. The molecule has 0 saturated carbocycles. The number of hydrogen-bond donors (Lipinski definition) is 1. The number of likely N-dealkylation sites (N-methyl/N-ethyl adjacent to an activating group) is 1. The van der Waals surface area contributed by atoms with Crippen LogP contribution in [0, 0.1) is 0 Å². The number of nitrogens with one attached hydrogen (secondary N) is 1. The van der Waals surface area contributed by atoms with Crippen LogP contribution in [0.3, 0.4) is 0 Å². The third-order valence-electron chi connectivity index (χ3n) is 4.92. The third-order valence-corrected chi connectivity index (χ3v) is 5.78. The van der Waals surface area contributed by atoms with E-state index in [9.17, 15) is 14.4 Å². The molecule has 1 aromatic carbocycles. The quantitative estimate of drug-likeness (QED) is 0.773. The maximum absolute atomic E-state index is 13.0. The van der Waals surface area contributed by atoms with Gasteiger partial charge in [0.05, 0.1) is 6.54 Å². The molecule has 1 saturated heterocycles. The fourth-order valence-corrected chi connectivity index (χ4v) is 3.98. The van der Waals surface area contributed by atoms with E-state index in [1.165, 1.54) is 4.90 Å². The average Bonchev–Trinajstić information content (AvgIpc) is 3.39. The number of amides is 4. The van der Waals surface area contributed by atoms with Crippen LogP contribution >= 0.6 is 11.3 Å². The summed E-state index contributed by atoms with van der Waals surface area (Å²) in [7, 11) is 1.65. The molecule has 4 amide bonds. The number of rotatable bonds is 5. The Labute approximate surface area is 165 Å². The number of thiophene rings is 1. The summed E-state index contributed by atoms with van der Waals surface area (Å²) in [6.45, 7) is 1.85. The Hall–Kier alpha value is -3.07. The van der Waals surface area contributed by atoms with Crippen LogP contribution in [0.1, 0.15) is 17.4 Å². The van der Waals surface area contributed by atoms with Gasteiger partial charge in [-0.1, -0.05) is 12.1 Å². The fourth-order valence-electron chi connectivity index (χ4n) is 3.22.